The van der Waals surface area contributed by atoms with Crippen LogP contribution in [0.1, 0.15) is 44.4 Å². The number of hydrogen-bond acceptors (Lipinski definition) is 4. The number of carbonyl (C=O) groups excluding carboxylic acids is 2. The third-order valence-corrected chi connectivity index (χ3v) is 8.51. The average Bonchev–Trinajstić information content (AvgIpc) is 2.89. The summed E-state index contributed by atoms with van der Waals surface area (Å²) in [5.74, 6) is -2.23. The molecule has 0 aliphatic carbocycles. The Kier molecular flexibility index (Phi) is 10.2. The zero-order valence-corrected chi connectivity index (χ0v) is 25.7. The summed E-state index contributed by atoms with van der Waals surface area (Å²) in [5.41, 5.74) is -1.71. The number of aryl methyl sites for hydroxylation is 1. The van der Waals surface area contributed by atoms with E-state index in [1.54, 1.807) is 27.7 Å². The maximum absolute atomic E-state index is 14.6. The van der Waals surface area contributed by atoms with Gasteiger partial charge < -0.3 is 10.2 Å². The number of anilines is 1. The van der Waals surface area contributed by atoms with Gasteiger partial charge in [-0.15, -0.1) is 0 Å². The van der Waals surface area contributed by atoms with E-state index < -0.39 is 74.8 Å². The molecule has 0 heterocycles. The molecule has 0 aromatic heterocycles. The second-order valence-electron chi connectivity index (χ2n) is 11.0. The van der Waals surface area contributed by atoms with E-state index in [0.29, 0.717) is 10.4 Å². The van der Waals surface area contributed by atoms with Crippen LogP contribution in [0, 0.1) is 12.7 Å². The van der Waals surface area contributed by atoms with Gasteiger partial charge in [0.05, 0.1) is 21.2 Å². The molecule has 232 valence electrons. The molecule has 0 saturated carbocycles. The lowest BCUT2D eigenvalue weighted by atomic mass is 10.1. The Morgan fingerprint density at radius 3 is 2.14 bits per heavy atom. The van der Waals surface area contributed by atoms with Crippen LogP contribution in [-0.4, -0.2) is 43.3 Å². The molecule has 0 aliphatic heterocycles. The van der Waals surface area contributed by atoms with Crippen molar-refractivity contribution in [1.82, 2.24) is 10.2 Å². The summed E-state index contributed by atoms with van der Waals surface area (Å²) in [4.78, 5) is 27.7. The Morgan fingerprint density at radius 2 is 1.58 bits per heavy atom. The minimum atomic E-state index is -4.92. The molecule has 43 heavy (non-hydrogen) atoms. The van der Waals surface area contributed by atoms with Crippen molar-refractivity contribution in [3.05, 3.63) is 94.3 Å². The quantitative estimate of drug-likeness (QED) is 0.277. The minimum Gasteiger partial charge on any atom is -0.350 e. The molecule has 0 unspecified atom stereocenters. The molecule has 13 heteroatoms. The SMILES string of the molecule is Cc1ccc(S(=O)(=O)N(CC(=O)N(Cc2ccccc2F)[C@@H](C)C(=O)NC(C)(C)C)c2ccc(Cl)c(C(F)(F)F)c2)cc1. The zero-order valence-electron chi connectivity index (χ0n) is 24.2. The monoisotopic (exact) mass is 641 g/mol. The summed E-state index contributed by atoms with van der Waals surface area (Å²) < 4.78 is 84.1. The van der Waals surface area contributed by atoms with Crippen molar-refractivity contribution < 1.29 is 35.6 Å². The molecule has 2 amide bonds. The van der Waals surface area contributed by atoms with Gasteiger partial charge in [-0.3, -0.25) is 13.9 Å². The third kappa shape index (κ3) is 8.47. The zero-order chi connectivity index (χ0) is 32.3. The molecule has 1 N–H and O–H groups in total. The van der Waals surface area contributed by atoms with Crippen LogP contribution in [0.2, 0.25) is 5.02 Å². The third-order valence-electron chi connectivity index (χ3n) is 6.40. The number of halogens is 5. The highest BCUT2D eigenvalue weighted by Crippen LogP contribution is 2.38. The minimum absolute atomic E-state index is 0.0463. The first-order chi connectivity index (χ1) is 19.8. The number of sulfonamides is 1. The highest BCUT2D eigenvalue weighted by atomic mass is 35.5. The van der Waals surface area contributed by atoms with Gasteiger partial charge in [0.2, 0.25) is 11.8 Å². The van der Waals surface area contributed by atoms with Gasteiger partial charge in [0.25, 0.3) is 10.0 Å². The molecular formula is C30H32ClF4N3O4S. The van der Waals surface area contributed by atoms with E-state index in [9.17, 15) is 35.6 Å². The summed E-state index contributed by atoms with van der Waals surface area (Å²) in [7, 11) is -4.63. The van der Waals surface area contributed by atoms with Gasteiger partial charge in [0, 0.05) is 17.6 Å². The number of carbonyl (C=O) groups is 2. The molecule has 1 atom stereocenters. The fraction of sp³-hybridized carbons (Fsp3) is 0.333. The standard InChI is InChI=1S/C30H32ClF4N3O4S/c1-19-10-13-23(14-11-19)43(41,42)38(22-12-15-25(31)24(16-22)30(33,34)35)18-27(39)37(17-21-8-6-7-9-26(21)32)20(2)28(40)36-29(3,4)5/h6-16,20H,17-18H2,1-5H3,(H,36,40)/t20-/m0/s1. The largest absolute Gasteiger partial charge is 0.417 e. The lowest BCUT2D eigenvalue weighted by Crippen LogP contribution is -2.54. The Labute approximate surface area is 253 Å². The van der Waals surface area contributed by atoms with Crippen molar-refractivity contribution in [3.8, 4) is 0 Å². The highest BCUT2D eigenvalue weighted by Gasteiger charge is 2.37. The van der Waals surface area contributed by atoms with Crippen molar-refractivity contribution in [1.29, 1.82) is 0 Å². The lowest BCUT2D eigenvalue weighted by molar-refractivity contribution is -0.140. The van der Waals surface area contributed by atoms with E-state index >= 15 is 0 Å². The van der Waals surface area contributed by atoms with E-state index in [-0.39, 0.29) is 10.5 Å². The van der Waals surface area contributed by atoms with Crippen molar-refractivity contribution in [2.24, 2.45) is 0 Å². The molecule has 0 spiro atoms. The molecule has 3 aromatic rings. The van der Waals surface area contributed by atoms with Crippen molar-refractivity contribution in [3.63, 3.8) is 0 Å². The summed E-state index contributed by atoms with van der Waals surface area (Å²) >= 11 is 5.78. The van der Waals surface area contributed by atoms with Crippen LogP contribution < -0.4 is 9.62 Å². The molecular weight excluding hydrogens is 610 g/mol. The van der Waals surface area contributed by atoms with Crippen LogP contribution >= 0.6 is 11.6 Å². The number of nitrogens with one attached hydrogen (secondary N) is 1. The van der Waals surface area contributed by atoms with Crippen LogP contribution in [0.5, 0.6) is 0 Å². The Bertz CT molecular complexity index is 1590. The number of amides is 2. The molecule has 3 rings (SSSR count). The highest BCUT2D eigenvalue weighted by molar-refractivity contribution is 7.92. The second-order valence-corrected chi connectivity index (χ2v) is 13.3. The smallest absolute Gasteiger partial charge is 0.350 e. The molecule has 0 saturated heterocycles. The van der Waals surface area contributed by atoms with E-state index in [4.69, 9.17) is 11.6 Å². The van der Waals surface area contributed by atoms with Gasteiger partial charge in [0.15, 0.2) is 0 Å². The van der Waals surface area contributed by atoms with Crippen LogP contribution in [0.25, 0.3) is 0 Å². The van der Waals surface area contributed by atoms with E-state index in [2.05, 4.69) is 5.32 Å². The fourth-order valence-corrected chi connectivity index (χ4v) is 5.75. The average molecular weight is 642 g/mol. The van der Waals surface area contributed by atoms with Crippen molar-refractivity contribution in [2.75, 3.05) is 10.8 Å². The first kappa shape index (κ1) is 33.9. The first-order valence-corrected chi connectivity index (χ1v) is 14.9. The van der Waals surface area contributed by atoms with Crippen LogP contribution in [0.3, 0.4) is 0 Å². The van der Waals surface area contributed by atoms with Crippen LogP contribution in [0.15, 0.2) is 71.6 Å². The number of hydrogen-bond donors (Lipinski definition) is 1. The maximum atomic E-state index is 14.6. The fourth-order valence-electron chi connectivity index (χ4n) is 4.12. The van der Waals surface area contributed by atoms with Gasteiger partial charge in [-0.2, -0.15) is 13.2 Å². The van der Waals surface area contributed by atoms with Gasteiger partial charge in [-0.25, -0.2) is 12.8 Å². The van der Waals surface area contributed by atoms with Gasteiger partial charge in [-0.1, -0.05) is 47.5 Å². The molecule has 7 nitrogen and oxygen atoms in total. The predicted molar refractivity (Wildman–Crippen MR) is 156 cm³/mol. The summed E-state index contributed by atoms with van der Waals surface area (Å²) in [6.07, 6.45) is -4.92. The predicted octanol–water partition coefficient (Wildman–Crippen LogP) is 6.33. The van der Waals surface area contributed by atoms with Gasteiger partial charge in [-0.05, 0) is 71.0 Å². The molecule has 3 aromatic carbocycles. The van der Waals surface area contributed by atoms with Crippen LogP contribution in [-0.2, 0) is 32.3 Å². The topological polar surface area (TPSA) is 86.8 Å². The molecule has 0 radical (unpaired) electrons. The van der Waals surface area contributed by atoms with E-state index in [0.717, 1.165) is 22.6 Å². The summed E-state index contributed by atoms with van der Waals surface area (Å²) in [6.45, 7) is 6.84. The maximum Gasteiger partial charge on any atom is 0.417 e. The Balaban J connectivity index is 2.14. The van der Waals surface area contributed by atoms with E-state index in [1.807, 2.05) is 0 Å². The number of alkyl halides is 3. The molecule has 0 fully saturated rings. The van der Waals surface area contributed by atoms with Crippen molar-refractivity contribution >= 4 is 39.1 Å². The van der Waals surface area contributed by atoms with Crippen LogP contribution in [0.4, 0.5) is 23.2 Å². The number of nitrogens with zero attached hydrogens (tertiary/aromatic N) is 2. The summed E-state index contributed by atoms with van der Waals surface area (Å²) in [6, 6.07) is 12.3. The molecule has 0 aliphatic rings. The van der Waals surface area contributed by atoms with Crippen molar-refractivity contribution in [2.45, 2.75) is 63.8 Å². The first-order valence-electron chi connectivity index (χ1n) is 13.1. The van der Waals surface area contributed by atoms with Gasteiger partial charge >= 0.3 is 6.18 Å². The number of rotatable bonds is 9. The van der Waals surface area contributed by atoms with E-state index in [1.165, 1.54) is 55.5 Å². The van der Waals surface area contributed by atoms with Gasteiger partial charge in [0.1, 0.15) is 18.4 Å². The Morgan fingerprint density at radius 1 is 0.977 bits per heavy atom. The second kappa shape index (κ2) is 12.9. The lowest BCUT2D eigenvalue weighted by Gasteiger charge is -2.33. The molecule has 0 bridgehead atoms. The number of benzene rings is 3. The Hall–Kier alpha value is -3.64. The normalized spacial score (nSPS) is 12.9. The summed E-state index contributed by atoms with van der Waals surface area (Å²) in [5, 5.41) is 2.07.